The highest BCUT2D eigenvalue weighted by Crippen LogP contribution is 2.19. The van der Waals surface area contributed by atoms with Gasteiger partial charge in [0.25, 0.3) is 0 Å². The first kappa shape index (κ1) is 7.91. The summed E-state index contributed by atoms with van der Waals surface area (Å²) in [6, 6.07) is 2.17. The highest BCUT2D eigenvalue weighted by atomic mass is 32.1. The standard InChI is InChI=1S/C8H11N3S/c9-7-3-6(4-10-5-7)8-1-2-11-12-8/h1-3,7,10H,4-5,9H2. The SMILES string of the molecule is NC1C=C(c2ccns2)CNC1. The van der Waals surface area contributed by atoms with Crippen LogP contribution in [-0.4, -0.2) is 23.5 Å². The Kier molecular flexibility index (Phi) is 2.21. The number of hydrogen-bond donors (Lipinski definition) is 2. The third-order valence-electron chi connectivity index (χ3n) is 1.87. The quantitative estimate of drug-likeness (QED) is 0.661. The van der Waals surface area contributed by atoms with Crippen LogP contribution >= 0.6 is 11.5 Å². The fourth-order valence-corrected chi connectivity index (χ4v) is 1.91. The average Bonchev–Trinajstić information content (AvgIpc) is 2.56. The molecule has 1 aromatic heterocycles. The van der Waals surface area contributed by atoms with Crippen molar-refractivity contribution in [2.24, 2.45) is 5.73 Å². The Labute approximate surface area is 75.5 Å². The molecule has 3 N–H and O–H groups in total. The fraction of sp³-hybridized carbons (Fsp3) is 0.375. The van der Waals surface area contributed by atoms with E-state index in [0.717, 1.165) is 13.1 Å². The van der Waals surface area contributed by atoms with Crippen molar-refractivity contribution in [2.45, 2.75) is 6.04 Å². The van der Waals surface area contributed by atoms with Crippen molar-refractivity contribution in [3.63, 3.8) is 0 Å². The van der Waals surface area contributed by atoms with Crippen molar-refractivity contribution >= 4 is 17.1 Å². The minimum absolute atomic E-state index is 0.149. The van der Waals surface area contributed by atoms with E-state index < -0.39 is 0 Å². The molecule has 12 heavy (non-hydrogen) atoms. The molecule has 0 aliphatic carbocycles. The summed E-state index contributed by atoms with van der Waals surface area (Å²) in [5.74, 6) is 0. The molecule has 0 amide bonds. The Hall–Kier alpha value is -0.710. The van der Waals surface area contributed by atoms with Gasteiger partial charge in [-0.2, -0.15) is 0 Å². The van der Waals surface area contributed by atoms with Crippen molar-refractivity contribution in [3.05, 3.63) is 23.2 Å². The molecule has 0 aromatic carbocycles. The van der Waals surface area contributed by atoms with Gasteiger partial charge in [0, 0.05) is 25.3 Å². The fourth-order valence-electron chi connectivity index (χ4n) is 1.30. The molecule has 0 radical (unpaired) electrons. The molecule has 0 fully saturated rings. The molecule has 2 heterocycles. The zero-order chi connectivity index (χ0) is 8.39. The van der Waals surface area contributed by atoms with Gasteiger partial charge in [-0.05, 0) is 23.2 Å². The lowest BCUT2D eigenvalue weighted by atomic mass is 10.1. The second kappa shape index (κ2) is 3.35. The van der Waals surface area contributed by atoms with Crippen molar-refractivity contribution in [1.82, 2.24) is 9.69 Å². The molecular weight excluding hydrogens is 170 g/mol. The summed E-state index contributed by atoms with van der Waals surface area (Å²) in [7, 11) is 0. The summed E-state index contributed by atoms with van der Waals surface area (Å²) in [5, 5.41) is 3.26. The van der Waals surface area contributed by atoms with Crippen LogP contribution in [0.3, 0.4) is 0 Å². The van der Waals surface area contributed by atoms with Gasteiger partial charge in [-0.3, -0.25) is 0 Å². The predicted octanol–water partition coefficient (Wildman–Crippen LogP) is 0.457. The molecule has 0 spiro atoms. The molecule has 2 rings (SSSR count). The van der Waals surface area contributed by atoms with Gasteiger partial charge in [-0.15, -0.1) is 0 Å². The van der Waals surface area contributed by atoms with Gasteiger partial charge in [0.1, 0.15) is 0 Å². The Morgan fingerprint density at radius 1 is 1.67 bits per heavy atom. The van der Waals surface area contributed by atoms with Crippen LogP contribution in [0.25, 0.3) is 5.57 Å². The van der Waals surface area contributed by atoms with Gasteiger partial charge >= 0.3 is 0 Å². The summed E-state index contributed by atoms with van der Waals surface area (Å²) in [5.41, 5.74) is 7.05. The second-order valence-electron chi connectivity index (χ2n) is 2.86. The first-order valence-electron chi connectivity index (χ1n) is 3.94. The minimum Gasteiger partial charge on any atom is -0.323 e. The molecule has 3 nitrogen and oxygen atoms in total. The van der Waals surface area contributed by atoms with Crippen LogP contribution in [0.4, 0.5) is 0 Å². The maximum atomic E-state index is 5.78. The maximum Gasteiger partial charge on any atom is 0.0519 e. The smallest absolute Gasteiger partial charge is 0.0519 e. The molecule has 0 bridgehead atoms. The monoisotopic (exact) mass is 181 g/mol. The highest BCUT2D eigenvalue weighted by molar-refractivity contribution is 7.07. The van der Waals surface area contributed by atoms with Crippen LogP contribution < -0.4 is 11.1 Å². The summed E-state index contributed by atoms with van der Waals surface area (Å²) in [6.45, 7) is 1.79. The third kappa shape index (κ3) is 1.55. The van der Waals surface area contributed by atoms with Crippen molar-refractivity contribution in [3.8, 4) is 0 Å². The number of nitrogens with two attached hydrogens (primary N) is 1. The first-order valence-corrected chi connectivity index (χ1v) is 4.71. The molecule has 1 unspecified atom stereocenters. The van der Waals surface area contributed by atoms with E-state index in [9.17, 15) is 0 Å². The van der Waals surface area contributed by atoms with Crippen LogP contribution in [0, 0.1) is 0 Å². The van der Waals surface area contributed by atoms with E-state index in [1.807, 2.05) is 12.3 Å². The second-order valence-corrected chi connectivity index (χ2v) is 3.70. The molecule has 1 aromatic rings. The summed E-state index contributed by atoms with van der Waals surface area (Å²) >= 11 is 1.52. The maximum absolute atomic E-state index is 5.78. The topological polar surface area (TPSA) is 50.9 Å². The van der Waals surface area contributed by atoms with E-state index in [2.05, 4.69) is 15.8 Å². The molecule has 64 valence electrons. The van der Waals surface area contributed by atoms with Gasteiger partial charge in [0.2, 0.25) is 0 Å². The molecule has 0 saturated carbocycles. The minimum atomic E-state index is 0.149. The van der Waals surface area contributed by atoms with Gasteiger partial charge in [0.05, 0.1) is 4.88 Å². The molecule has 1 atom stereocenters. The molecule has 1 aliphatic rings. The molecule has 4 heteroatoms. The van der Waals surface area contributed by atoms with E-state index in [0.29, 0.717) is 0 Å². The van der Waals surface area contributed by atoms with E-state index in [1.54, 1.807) is 0 Å². The number of nitrogens with one attached hydrogen (secondary N) is 1. The number of aromatic nitrogens is 1. The zero-order valence-corrected chi connectivity index (χ0v) is 7.47. The predicted molar refractivity (Wildman–Crippen MR) is 50.9 cm³/mol. The van der Waals surface area contributed by atoms with Gasteiger partial charge in [-0.1, -0.05) is 6.08 Å². The normalized spacial score (nSPS) is 23.8. The van der Waals surface area contributed by atoms with Crippen LogP contribution in [0.5, 0.6) is 0 Å². The van der Waals surface area contributed by atoms with E-state index >= 15 is 0 Å². The van der Waals surface area contributed by atoms with E-state index in [-0.39, 0.29) is 6.04 Å². The number of hydrogen-bond acceptors (Lipinski definition) is 4. The van der Waals surface area contributed by atoms with Crippen LogP contribution in [-0.2, 0) is 0 Å². The Balaban J connectivity index is 2.23. The summed E-state index contributed by atoms with van der Waals surface area (Å²) in [6.07, 6.45) is 3.94. The van der Waals surface area contributed by atoms with E-state index in [1.165, 1.54) is 22.0 Å². The van der Waals surface area contributed by atoms with Crippen LogP contribution in [0.1, 0.15) is 4.88 Å². The molecule has 0 saturated heterocycles. The Morgan fingerprint density at radius 3 is 3.25 bits per heavy atom. The Bertz CT molecular complexity index is 279. The highest BCUT2D eigenvalue weighted by Gasteiger charge is 2.11. The Morgan fingerprint density at radius 2 is 2.58 bits per heavy atom. The third-order valence-corrected chi connectivity index (χ3v) is 2.69. The van der Waals surface area contributed by atoms with Gasteiger partial charge in [0.15, 0.2) is 0 Å². The average molecular weight is 181 g/mol. The number of nitrogens with zero attached hydrogens (tertiary/aromatic N) is 1. The largest absolute Gasteiger partial charge is 0.323 e. The van der Waals surface area contributed by atoms with Crippen molar-refractivity contribution in [1.29, 1.82) is 0 Å². The summed E-state index contributed by atoms with van der Waals surface area (Å²) < 4.78 is 4.05. The van der Waals surface area contributed by atoms with Gasteiger partial charge < -0.3 is 11.1 Å². The lowest BCUT2D eigenvalue weighted by Gasteiger charge is -2.17. The van der Waals surface area contributed by atoms with Crippen LogP contribution in [0.2, 0.25) is 0 Å². The van der Waals surface area contributed by atoms with E-state index in [4.69, 9.17) is 5.73 Å². The lowest BCUT2D eigenvalue weighted by molar-refractivity contribution is 0.663. The van der Waals surface area contributed by atoms with Crippen molar-refractivity contribution in [2.75, 3.05) is 13.1 Å². The molecule has 1 aliphatic heterocycles. The van der Waals surface area contributed by atoms with Crippen LogP contribution in [0.15, 0.2) is 18.3 Å². The van der Waals surface area contributed by atoms with Crippen molar-refractivity contribution < 1.29 is 0 Å². The van der Waals surface area contributed by atoms with Gasteiger partial charge in [-0.25, -0.2) is 4.37 Å². The zero-order valence-electron chi connectivity index (χ0n) is 6.66. The number of rotatable bonds is 1. The first-order chi connectivity index (χ1) is 5.86. The molecular formula is C8H11N3S. The lowest BCUT2D eigenvalue weighted by Crippen LogP contribution is -2.37. The summed E-state index contributed by atoms with van der Waals surface area (Å²) in [4.78, 5) is 1.22.